The number of aliphatic hydroxyl groups excluding tert-OH is 1. The van der Waals surface area contributed by atoms with Crippen molar-refractivity contribution < 1.29 is 23.5 Å². The van der Waals surface area contributed by atoms with Crippen LogP contribution in [0.15, 0.2) is 54.6 Å². The maximum Gasteiger partial charge on any atom is 0.272 e. The molecule has 2 amide bonds. The molecule has 0 unspecified atom stereocenters. The Morgan fingerprint density at radius 1 is 1.02 bits per heavy atom. The van der Waals surface area contributed by atoms with Gasteiger partial charge in [0.2, 0.25) is 0 Å². The first kappa shape index (κ1) is 32.4. The molecule has 222 valence electrons. The van der Waals surface area contributed by atoms with Crippen molar-refractivity contribution in [2.75, 3.05) is 19.6 Å². The Morgan fingerprint density at radius 3 is 2.36 bits per heavy atom. The Kier molecular flexibility index (Phi) is 12.1. The van der Waals surface area contributed by atoms with Crippen LogP contribution >= 0.6 is 0 Å². The van der Waals surface area contributed by atoms with Crippen LogP contribution < -0.4 is 10.6 Å². The van der Waals surface area contributed by atoms with Gasteiger partial charge in [0.25, 0.3) is 11.8 Å². The molecule has 2 aromatic carbocycles. The highest BCUT2D eigenvalue weighted by Gasteiger charge is 2.25. The van der Waals surface area contributed by atoms with Gasteiger partial charge in [0.15, 0.2) is 0 Å². The number of nitrogens with one attached hydrogen (secondary N) is 2. The molecule has 0 spiro atoms. The Labute approximate surface area is 246 Å². The number of benzene rings is 2. The van der Waals surface area contributed by atoms with Crippen molar-refractivity contribution in [1.82, 2.24) is 20.5 Å². The number of aliphatic hydroxyl groups is 1. The summed E-state index contributed by atoms with van der Waals surface area (Å²) in [6, 6.07) is 12.6. The molecular weight excluding hydrogens is 538 g/mol. The van der Waals surface area contributed by atoms with E-state index in [1.54, 1.807) is 17.9 Å². The van der Waals surface area contributed by atoms with Gasteiger partial charge in [-0.1, -0.05) is 31.9 Å². The van der Waals surface area contributed by atoms with Crippen molar-refractivity contribution in [3.05, 3.63) is 99.9 Å². The number of nitrogens with zero attached hydrogens (tertiary/aromatic N) is 2. The first-order valence-electron chi connectivity index (χ1n) is 14.1. The molecule has 0 saturated carbocycles. The van der Waals surface area contributed by atoms with Crippen molar-refractivity contribution in [1.29, 1.82) is 0 Å². The smallest absolute Gasteiger partial charge is 0.272 e. The lowest BCUT2D eigenvalue weighted by molar-refractivity contribution is 0.0749. The summed E-state index contributed by atoms with van der Waals surface area (Å²) in [6.07, 6.45) is 5.89. The Bertz CT molecular complexity index is 1400. The van der Waals surface area contributed by atoms with Gasteiger partial charge in [-0.05, 0) is 73.7 Å². The van der Waals surface area contributed by atoms with E-state index in [1.165, 1.54) is 6.07 Å². The van der Waals surface area contributed by atoms with Gasteiger partial charge in [-0.25, -0.2) is 13.8 Å². The lowest BCUT2D eigenvalue weighted by atomic mass is 10.00. The fourth-order valence-corrected chi connectivity index (χ4v) is 4.72. The first-order valence-corrected chi connectivity index (χ1v) is 14.1. The summed E-state index contributed by atoms with van der Waals surface area (Å²) in [4.78, 5) is 32.7. The quantitative estimate of drug-likeness (QED) is 0.247. The van der Waals surface area contributed by atoms with E-state index in [0.717, 1.165) is 42.2 Å². The standard InChI is InChI=1S/C33H38F2N4O3/c1-5-11-39(12-6-2)33(42)30-18-26(13-22(4)37-30)32(41)38-29(17-25-15-27(34)19-28(35)16-25)31(40)21-36-20-24-10-8-9-23(7-3)14-24/h3,8-10,13-16,18-19,29,31,36,40H,5-6,11-12,17,20-21H2,1-2,4H3,(H,38,41)/t29-,31+/m0/s1. The largest absolute Gasteiger partial charge is 0.390 e. The molecule has 1 heterocycles. The second-order valence-electron chi connectivity index (χ2n) is 10.3. The van der Waals surface area contributed by atoms with Gasteiger partial charge in [-0.15, -0.1) is 6.42 Å². The Morgan fingerprint density at radius 2 is 1.71 bits per heavy atom. The number of amides is 2. The molecule has 42 heavy (non-hydrogen) atoms. The number of rotatable bonds is 14. The minimum atomic E-state index is -1.12. The van der Waals surface area contributed by atoms with Gasteiger partial charge >= 0.3 is 0 Å². The van der Waals surface area contributed by atoms with Crippen LogP contribution in [-0.2, 0) is 13.0 Å². The van der Waals surface area contributed by atoms with E-state index < -0.39 is 29.7 Å². The van der Waals surface area contributed by atoms with Gasteiger partial charge in [0.05, 0.1) is 12.1 Å². The molecule has 0 radical (unpaired) electrons. The fourth-order valence-electron chi connectivity index (χ4n) is 4.72. The summed E-state index contributed by atoms with van der Waals surface area (Å²) in [5, 5.41) is 17.1. The molecule has 0 aliphatic heterocycles. The number of aryl methyl sites for hydroxylation is 1. The molecule has 0 bridgehead atoms. The molecule has 0 aliphatic carbocycles. The summed E-state index contributed by atoms with van der Waals surface area (Å²) < 4.78 is 27.9. The molecule has 0 fully saturated rings. The van der Waals surface area contributed by atoms with Crippen LogP contribution in [0.4, 0.5) is 8.78 Å². The highest BCUT2D eigenvalue weighted by molar-refractivity contribution is 5.98. The summed E-state index contributed by atoms with van der Waals surface area (Å²) >= 11 is 0. The van der Waals surface area contributed by atoms with Crippen molar-refractivity contribution in [3.8, 4) is 12.3 Å². The first-order chi connectivity index (χ1) is 20.1. The lowest BCUT2D eigenvalue weighted by Gasteiger charge is -2.25. The van der Waals surface area contributed by atoms with E-state index >= 15 is 0 Å². The number of carbonyl (C=O) groups excluding carboxylic acids is 2. The minimum absolute atomic E-state index is 0.0352. The SMILES string of the molecule is C#Cc1cccc(CNC[C@@H](O)[C@H](Cc2cc(F)cc(F)c2)NC(=O)c2cc(C)nc(C(=O)N(CCC)CCC)c2)c1. The third kappa shape index (κ3) is 9.47. The fraction of sp³-hybridized carbons (Fsp3) is 0.364. The van der Waals surface area contributed by atoms with E-state index in [-0.39, 0.29) is 35.7 Å². The molecule has 2 atom stereocenters. The van der Waals surface area contributed by atoms with E-state index in [0.29, 0.717) is 25.3 Å². The number of hydrogen-bond donors (Lipinski definition) is 3. The van der Waals surface area contributed by atoms with Crippen LogP contribution in [0.3, 0.4) is 0 Å². The average Bonchev–Trinajstić information content (AvgIpc) is 2.95. The average molecular weight is 577 g/mol. The number of aromatic nitrogens is 1. The Balaban J connectivity index is 1.81. The van der Waals surface area contributed by atoms with Gasteiger partial charge in [-0.3, -0.25) is 9.59 Å². The van der Waals surface area contributed by atoms with Crippen LogP contribution in [0.5, 0.6) is 0 Å². The minimum Gasteiger partial charge on any atom is -0.390 e. The van der Waals surface area contributed by atoms with Gasteiger partial charge in [-0.2, -0.15) is 0 Å². The molecule has 1 aromatic heterocycles. The van der Waals surface area contributed by atoms with Crippen molar-refractivity contribution in [2.24, 2.45) is 0 Å². The number of carbonyl (C=O) groups is 2. The molecular formula is C33H38F2N4O3. The van der Waals surface area contributed by atoms with E-state index in [4.69, 9.17) is 6.42 Å². The monoisotopic (exact) mass is 576 g/mol. The highest BCUT2D eigenvalue weighted by atomic mass is 19.1. The maximum atomic E-state index is 13.9. The van der Waals surface area contributed by atoms with Crippen molar-refractivity contribution in [3.63, 3.8) is 0 Å². The van der Waals surface area contributed by atoms with Gasteiger partial charge < -0.3 is 20.6 Å². The van der Waals surface area contributed by atoms with E-state index in [1.807, 2.05) is 38.1 Å². The van der Waals surface area contributed by atoms with Gasteiger partial charge in [0, 0.05) is 49.1 Å². The van der Waals surface area contributed by atoms with Crippen molar-refractivity contribution >= 4 is 11.8 Å². The molecule has 0 saturated heterocycles. The summed E-state index contributed by atoms with van der Waals surface area (Å²) in [7, 11) is 0. The molecule has 3 aromatic rings. The molecule has 0 aliphatic rings. The maximum absolute atomic E-state index is 13.9. The topological polar surface area (TPSA) is 94.6 Å². The summed E-state index contributed by atoms with van der Waals surface area (Å²) in [6.45, 7) is 7.28. The van der Waals surface area contributed by atoms with Gasteiger partial charge in [0.1, 0.15) is 17.3 Å². The zero-order valence-corrected chi connectivity index (χ0v) is 24.3. The third-order valence-corrected chi connectivity index (χ3v) is 6.64. The zero-order chi connectivity index (χ0) is 30.6. The van der Waals surface area contributed by atoms with Crippen LogP contribution in [0, 0.1) is 30.9 Å². The summed E-state index contributed by atoms with van der Waals surface area (Å²) in [5.74, 6) is 0.255. The summed E-state index contributed by atoms with van der Waals surface area (Å²) in [5.41, 5.74) is 2.75. The number of terminal acetylenes is 1. The third-order valence-electron chi connectivity index (χ3n) is 6.64. The van der Waals surface area contributed by atoms with Crippen molar-refractivity contribution in [2.45, 2.75) is 58.7 Å². The van der Waals surface area contributed by atoms with E-state index in [2.05, 4.69) is 21.5 Å². The number of halogens is 2. The molecule has 3 N–H and O–H groups in total. The predicted molar refractivity (Wildman–Crippen MR) is 159 cm³/mol. The lowest BCUT2D eigenvalue weighted by Crippen LogP contribution is -2.48. The molecule has 3 rings (SSSR count). The van der Waals surface area contributed by atoms with Crippen LogP contribution in [0.1, 0.15) is 69.9 Å². The highest BCUT2D eigenvalue weighted by Crippen LogP contribution is 2.15. The normalized spacial score (nSPS) is 12.3. The number of hydrogen-bond acceptors (Lipinski definition) is 5. The van der Waals surface area contributed by atoms with Crippen LogP contribution in [-0.4, -0.2) is 58.6 Å². The van der Waals surface area contributed by atoms with Crippen LogP contribution in [0.2, 0.25) is 0 Å². The van der Waals surface area contributed by atoms with E-state index in [9.17, 15) is 23.5 Å². The Hall–Kier alpha value is -4.13. The predicted octanol–water partition coefficient (Wildman–Crippen LogP) is 4.40. The van der Waals surface area contributed by atoms with Crippen LogP contribution in [0.25, 0.3) is 0 Å². The second kappa shape index (κ2) is 15.8. The zero-order valence-electron chi connectivity index (χ0n) is 24.3. The molecule has 9 heteroatoms. The number of pyridine rings is 1. The molecule has 7 nitrogen and oxygen atoms in total. The second-order valence-corrected chi connectivity index (χ2v) is 10.3.